The summed E-state index contributed by atoms with van der Waals surface area (Å²) < 4.78 is 0. The van der Waals surface area contributed by atoms with Crippen molar-refractivity contribution < 1.29 is 9.59 Å². The Balaban J connectivity index is 1.21. The smallest absolute Gasteiger partial charge is 0.321 e. The topological polar surface area (TPSA) is 70.2 Å². The highest BCUT2D eigenvalue weighted by molar-refractivity contribution is 5.95. The summed E-state index contributed by atoms with van der Waals surface area (Å²) in [6.07, 6.45) is 16.1. The van der Waals surface area contributed by atoms with Gasteiger partial charge in [-0.25, -0.2) is 4.79 Å². The summed E-state index contributed by atoms with van der Waals surface area (Å²) in [5.74, 6) is 2.17. The lowest BCUT2D eigenvalue weighted by atomic mass is 9.53. The summed E-state index contributed by atoms with van der Waals surface area (Å²) in [4.78, 5) is 24.6. The third-order valence-electron chi connectivity index (χ3n) is 7.33. The van der Waals surface area contributed by atoms with Crippen molar-refractivity contribution >= 4 is 11.9 Å². The van der Waals surface area contributed by atoms with Crippen LogP contribution in [0, 0.1) is 17.8 Å². The van der Waals surface area contributed by atoms with Crippen LogP contribution in [-0.2, 0) is 4.79 Å². The molecule has 5 saturated carbocycles. The van der Waals surface area contributed by atoms with E-state index in [9.17, 15) is 9.59 Å². The lowest BCUT2D eigenvalue weighted by Gasteiger charge is -2.56. The lowest BCUT2D eigenvalue weighted by Crippen LogP contribution is -2.62. The summed E-state index contributed by atoms with van der Waals surface area (Å²) in [6.45, 7) is 0.249. The minimum absolute atomic E-state index is 0.0356. The maximum atomic E-state index is 12.4. The third kappa shape index (κ3) is 4.41. The molecule has 0 unspecified atom stereocenters. The van der Waals surface area contributed by atoms with Crippen molar-refractivity contribution in [1.82, 2.24) is 16.0 Å². The van der Waals surface area contributed by atoms with Crippen molar-refractivity contribution in [3.05, 3.63) is 0 Å². The first-order chi connectivity index (χ1) is 12.6. The van der Waals surface area contributed by atoms with Crippen LogP contribution in [0.3, 0.4) is 0 Å². The zero-order chi connectivity index (χ0) is 18.0. The van der Waals surface area contributed by atoms with Crippen LogP contribution >= 0.6 is 0 Å². The summed E-state index contributed by atoms with van der Waals surface area (Å²) in [5, 5.41) is 9.15. The zero-order valence-corrected chi connectivity index (χ0v) is 16.0. The second-order valence-electron chi connectivity index (χ2n) is 9.62. The monoisotopic (exact) mass is 361 g/mol. The molecule has 0 aromatic carbocycles. The van der Waals surface area contributed by atoms with Gasteiger partial charge in [0, 0.05) is 11.6 Å². The van der Waals surface area contributed by atoms with Gasteiger partial charge in [-0.1, -0.05) is 32.1 Å². The quantitative estimate of drug-likeness (QED) is 0.718. The average Bonchev–Trinajstić information content (AvgIpc) is 2.51. The van der Waals surface area contributed by atoms with Gasteiger partial charge in [-0.15, -0.1) is 0 Å². The van der Waals surface area contributed by atoms with Gasteiger partial charge in [0.05, 0.1) is 6.54 Å². The predicted molar refractivity (Wildman–Crippen MR) is 102 cm³/mol. The number of rotatable bonds is 4. The van der Waals surface area contributed by atoms with Crippen LogP contribution in [0.5, 0.6) is 0 Å². The van der Waals surface area contributed by atoms with E-state index < -0.39 is 0 Å². The third-order valence-corrected chi connectivity index (χ3v) is 7.33. The molecule has 146 valence electrons. The second-order valence-corrected chi connectivity index (χ2v) is 9.62. The number of urea groups is 1. The van der Waals surface area contributed by atoms with Crippen molar-refractivity contribution in [3.63, 3.8) is 0 Å². The van der Waals surface area contributed by atoms with Gasteiger partial charge < -0.3 is 10.6 Å². The first-order valence-electron chi connectivity index (χ1n) is 11.0. The zero-order valence-electron chi connectivity index (χ0n) is 16.0. The number of imide groups is 1. The van der Waals surface area contributed by atoms with Crippen LogP contribution in [0.2, 0.25) is 0 Å². The highest BCUT2D eigenvalue weighted by atomic mass is 16.2. The minimum atomic E-state index is -0.281. The number of carbonyl (C=O) groups excluding carboxylic acids is 2. The predicted octanol–water partition coefficient (Wildman–Crippen LogP) is 3.48. The summed E-state index contributed by atoms with van der Waals surface area (Å²) in [6, 6.07) is 0.142. The van der Waals surface area contributed by atoms with Crippen LogP contribution in [0.15, 0.2) is 0 Å². The van der Waals surface area contributed by atoms with Gasteiger partial charge in [0.25, 0.3) is 0 Å². The van der Waals surface area contributed by atoms with Crippen LogP contribution in [-0.4, -0.2) is 30.1 Å². The van der Waals surface area contributed by atoms with E-state index in [1.54, 1.807) is 0 Å². The molecule has 26 heavy (non-hydrogen) atoms. The van der Waals surface area contributed by atoms with Crippen molar-refractivity contribution in [2.45, 2.75) is 95.1 Å². The van der Waals surface area contributed by atoms with Gasteiger partial charge in [-0.3, -0.25) is 10.1 Å². The molecule has 0 aromatic rings. The molecule has 5 aliphatic rings. The van der Waals surface area contributed by atoms with Crippen LogP contribution in [0.1, 0.15) is 83.5 Å². The van der Waals surface area contributed by atoms with E-state index in [0.717, 1.165) is 49.9 Å². The molecule has 0 heterocycles. The summed E-state index contributed by atoms with van der Waals surface area (Å²) in [5.41, 5.74) is -0.0356. The van der Waals surface area contributed by atoms with E-state index in [1.807, 2.05) is 0 Å². The highest BCUT2D eigenvalue weighted by Gasteiger charge is 2.51. The van der Waals surface area contributed by atoms with Crippen molar-refractivity contribution in [2.75, 3.05) is 6.54 Å². The Morgan fingerprint density at radius 3 is 1.92 bits per heavy atom. The van der Waals surface area contributed by atoms with E-state index in [1.165, 1.54) is 51.4 Å². The molecule has 5 heteroatoms. The fourth-order valence-corrected chi connectivity index (χ4v) is 6.60. The summed E-state index contributed by atoms with van der Waals surface area (Å²) >= 11 is 0. The molecule has 0 aromatic heterocycles. The molecule has 3 N–H and O–H groups in total. The van der Waals surface area contributed by atoms with Crippen molar-refractivity contribution in [1.29, 1.82) is 0 Å². The summed E-state index contributed by atoms with van der Waals surface area (Å²) in [7, 11) is 0. The van der Waals surface area contributed by atoms with Crippen LogP contribution < -0.4 is 16.0 Å². The molecule has 5 fully saturated rings. The number of hydrogen-bond acceptors (Lipinski definition) is 3. The molecule has 3 amide bonds. The molecule has 5 aliphatic carbocycles. The van der Waals surface area contributed by atoms with Gasteiger partial charge in [0.15, 0.2) is 0 Å². The minimum Gasteiger partial charge on any atom is -0.332 e. The van der Waals surface area contributed by atoms with E-state index in [0.29, 0.717) is 6.04 Å². The normalized spacial score (nSPS) is 37.0. The second kappa shape index (κ2) is 7.87. The molecular weight excluding hydrogens is 326 g/mol. The van der Waals surface area contributed by atoms with E-state index >= 15 is 0 Å². The van der Waals surface area contributed by atoms with Gasteiger partial charge in [-0.2, -0.15) is 0 Å². The Labute approximate surface area is 157 Å². The molecule has 5 nitrogen and oxygen atoms in total. The number of amides is 3. The maximum absolute atomic E-state index is 12.4. The Kier molecular flexibility index (Phi) is 5.53. The molecule has 0 saturated heterocycles. The Morgan fingerprint density at radius 2 is 1.35 bits per heavy atom. The fraction of sp³-hybridized carbons (Fsp3) is 0.905. The van der Waals surface area contributed by atoms with E-state index in [2.05, 4.69) is 16.0 Å². The highest BCUT2D eigenvalue weighted by Crippen LogP contribution is 2.55. The number of nitrogens with one attached hydrogen (secondary N) is 3. The number of hydrogen-bond donors (Lipinski definition) is 3. The molecule has 0 atom stereocenters. The number of carbonyl (C=O) groups is 2. The van der Waals surface area contributed by atoms with Gasteiger partial charge in [0.2, 0.25) is 5.91 Å². The first-order valence-corrected chi connectivity index (χ1v) is 11.0. The molecule has 0 radical (unpaired) electrons. The van der Waals surface area contributed by atoms with Gasteiger partial charge >= 0.3 is 6.03 Å². The lowest BCUT2D eigenvalue weighted by molar-refractivity contribution is -0.119. The van der Waals surface area contributed by atoms with E-state index in [4.69, 9.17) is 0 Å². The molecule has 0 spiro atoms. The largest absolute Gasteiger partial charge is 0.332 e. The average molecular weight is 362 g/mol. The molecule has 4 bridgehead atoms. The maximum Gasteiger partial charge on any atom is 0.321 e. The van der Waals surface area contributed by atoms with E-state index in [-0.39, 0.29) is 24.0 Å². The van der Waals surface area contributed by atoms with Gasteiger partial charge in [0.1, 0.15) is 0 Å². The fourth-order valence-electron chi connectivity index (χ4n) is 6.60. The molecule has 0 aliphatic heterocycles. The van der Waals surface area contributed by atoms with Crippen molar-refractivity contribution in [3.8, 4) is 0 Å². The first kappa shape index (κ1) is 18.3. The SMILES string of the molecule is O=C(CNC1CCCCCCC1)NC(=O)NC12CC3CC(CC(C3)C1)C2. The Bertz CT molecular complexity index is 490. The molecular formula is C21H35N3O2. The van der Waals surface area contributed by atoms with Crippen molar-refractivity contribution in [2.24, 2.45) is 17.8 Å². The van der Waals surface area contributed by atoms with Gasteiger partial charge in [-0.05, 0) is 69.1 Å². The molecule has 5 rings (SSSR count). The standard InChI is InChI=1S/C21H35N3O2/c25-19(14-22-18-6-4-2-1-3-5-7-18)23-20(26)24-21-11-15-8-16(12-21)10-17(9-15)13-21/h15-18,22H,1-14H2,(H2,23,24,25,26). The van der Waals surface area contributed by atoms with Crippen LogP contribution in [0.25, 0.3) is 0 Å². The Morgan fingerprint density at radius 1 is 0.808 bits per heavy atom. The Hall–Kier alpha value is -1.10. The van der Waals surface area contributed by atoms with Crippen LogP contribution in [0.4, 0.5) is 4.79 Å².